The maximum Gasteiger partial charge on any atom is 0.293 e. The molecule has 0 unspecified atom stereocenters. The standard InChI is InChI=1S/C27H45NO5/c1-4-5-6-7-8-9-10-11-12-13-14-17-22-25(31)23(20-24(30)26(22)32)28-19-16-15-18-27(2,3)33-21-29/h20-21,28,31H,4-19H2,1-3H3. The number of ketones is 2. The molecular formula is C27H45NO5. The first-order valence-corrected chi connectivity index (χ1v) is 12.9. The highest BCUT2D eigenvalue weighted by atomic mass is 16.5. The summed E-state index contributed by atoms with van der Waals surface area (Å²) in [5, 5.41) is 13.6. The Morgan fingerprint density at radius 1 is 0.909 bits per heavy atom. The van der Waals surface area contributed by atoms with Crippen molar-refractivity contribution in [3.05, 3.63) is 23.1 Å². The molecular weight excluding hydrogens is 418 g/mol. The van der Waals surface area contributed by atoms with E-state index in [4.69, 9.17) is 4.74 Å². The number of rotatable bonds is 20. The predicted octanol–water partition coefficient (Wildman–Crippen LogP) is 6.25. The second-order valence-corrected chi connectivity index (χ2v) is 9.72. The molecule has 0 saturated carbocycles. The van der Waals surface area contributed by atoms with Gasteiger partial charge in [0.15, 0.2) is 0 Å². The monoisotopic (exact) mass is 463 g/mol. The Labute approximate surface area is 200 Å². The van der Waals surface area contributed by atoms with E-state index < -0.39 is 17.2 Å². The molecule has 0 spiro atoms. The molecule has 0 fully saturated rings. The molecule has 0 aromatic rings. The molecule has 0 bridgehead atoms. The van der Waals surface area contributed by atoms with Crippen LogP contribution < -0.4 is 5.32 Å². The lowest BCUT2D eigenvalue weighted by molar-refractivity contribution is -0.140. The third-order valence-electron chi connectivity index (χ3n) is 6.23. The van der Waals surface area contributed by atoms with Crippen LogP contribution in [0.5, 0.6) is 0 Å². The maximum atomic E-state index is 12.3. The molecule has 0 aromatic carbocycles. The number of carbonyl (C=O) groups is 3. The highest BCUT2D eigenvalue weighted by Gasteiger charge is 2.28. The lowest BCUT2D eigenvalue weighted by Crippen LogP contribution is -2.28. The summed E-state index contributed by atoms with van der Waals surface area (Å²) >= 11 is 0. The fourth-order valence-electron chi connectivity index (χ4n) is 4.10. The molecule has 0 aliphatic heterocycles. The van der Waals surface area contributed by atoms with Crippen molar-refractivity contribution in [2.75, 3.05) is 6.54 Å². The van der Waals surface area contributed by atoms with E-state index in [-0.39, 0.29) is 11.3 Å². The van der Waals surface area contributed by atoms with Gasteiger partial charge in [-0.2, -0.15) is 0 Å². The number of ether oxygens (including phenoxy) is 1. The maximum absolute atomic E-state index is 12.3. The average Bonchev–Trinajstić information content (AvgIpc) is 2.77. The number of hydrogen-bond donors (Lipinski definition) is 2. The Morgan fingerprint density at radius 2 is 1.48 bits per heavy atom. The zero-order valence-electron chi connectivity index (χ0n) is 21.0. The SMILES string of the molecule is CCCCCCCCCCCCCC1=C(O)C(NCCCCC(C)(C)OC=O)=CC(=O)C1=O. The van der Waals surface area contributed by atoms with Crippen molar-refractivity contribution in [1.29, 1.82) is 0 Å². The number of carbonyl (C=O) groups excluding carboxylic acids is 3. The minimum absolute atomic E-state index is 0.0868. The van der Waals surface area contributed by atoms with Crippen LogP contribution in [0.1, 0.15) is 117 Å². The summed E-state index contributed by atoms with van der Waals surface area (Å²) in [5.41, 5.74) is 0.0699. The van der Waals surface area contributed by atoms with E-state index in [2.05, 4.69) is 12.2 Å². The van der Waals surface area contributed by atoms with Crippen LogP contribution in [0.4, 0.5) is 0 Å². The third-order valence-corrected chi connectivity index (χ3v) is 6.23. The third kappa shape index (κ3) is 12.1. The molecule has 1 rings (SSSR count). The van der Waals surface area contributed by atoms with Crippen LogP contribution in [0.3, 0.4) is 0 Å². The van der Waals surface area contributed by atoms with Crippen LogP contribution in [-0.2, 0) is 19.1 Å². The molecule has 0 aromatic heterocycles. The van der Waals surface area contributed by atoms with Gasteiger partial charge in [0.05, 0.1) is 5.70 Å². The molecule has 2 N–H and O–H groups in total. The summed E-state index contributed by atoms with van der Waals surface area (Å²) in [4.78, 5) is 34.9. The van der Waals surface area contributed by atoms with Crippen molar-refractivity contribution in [2.45, 2.75) is 123 Å². The van der Waals surface area contributed by atoms with Gasteiger partial charge in [-0.05, 0) is 46.0 Å². The highest BCUT2D eigenvalue weighted by Crippen LogP contribution is 2.23. The lowest BCUT2D eigenvalue weighted by atomic mass is 9.93. The van der Waals surface area contributed by atoms with Crippen LogP contribution in [0.15, 0.2) is 23.1 Å². The van der Waals surface area contributed by atoms with Gasteiger partial charge >= 0.3 is 0 Å². The summed E-state index contributed by atoms with van der Waals surface area (Å²) in [5.74, 6) is -1.25. The van der Waals surface area contributed by atoms with Gasteiger partial charge in [-0.25, -0.2) is 0 Å². The van der Waals surface area contributed by atoms with Crippen molar-refractivity contribution in [3.8, 4) is 0 Å². The van der Waals surface area contributed by atoms with Crippen molar-refractivity contribution >= 4 is 18.0 Å². The minimum atomic E-state index is -0.585. The normalized spacial score (nSPS) is 14.5. The van der Waals surface area contributed by atoms with E-state index >= 15 is 0 Å². The predicted molar refractivity (Wildman–Crippen MR) is 132 cm³/mol. The van der Waals surface area contributed by atoms with Crippen molar-refractivity contribution < 1.29 is 24.2 Å². The Kier molecular flexibility index (Phi) is 14.5. The van der Waals surface area contributed by atoms with Crippen LogP contribution in [0, 0.1) is 0 Å². The number of Topliss-reactive ketones (excluding diaryl/α,β-unsaturated/α-hetero) is 1. The van der Waals surface area contributed by atoms with Gasteiger partial charge in [-0.15, -0.1) is 0 Å². The highest BCUT2D eigenvalue weighted by molar-refractivity contribution is 6.48. The van der Waals surface area contributed by atoms with Crippen LogP contribution in [0.2, 0.25) is 0 Å². The first-order valence-electron chi connectivity index (χ1n) is 12.9. The number of aliphatic hydroxyl groups excluding tert-OH is 1. The summed E-state index contributed by atoms with van der Waals surface area (Å²) in [6.45, 7) is 6.98. The fourth-order valence-corrected chi connectivity index (χ4v) is 4.10. The Bertz CT molecular complexity index is 678. The van der Waals surface area contributed by atoms with E-state index in [1.807, 2.05) is 13.8 Å². The largest absolute Gasteiger partial charge is 0.505 e. The molecule has 33 heavy (non-hydrogen) atoms. The zero-order valence-corrected chi connectivity index (χ0v) is 21.0. The zero-order chi connectivity index (χ0) is 24.5. The van der Waals surface area contributed by atoms with Gasteiger partial charge in [-0.3, -0.25) is 14.4 Å². The summed E-state index contributed by atoms with van der Waals surface area (Å²) in [7, 11) is 0. The molecule has 1 aliphatic rings. The molecule has 1 aliphatic carbocycles. The van der Waals surface area contributed by atoms with Gasteiger partial charge in [0.25, 0.3) is 6.47 Å². The van der Waals surface area contributed by atoms with E-state index in [1.54, 1.807) is 0 Å². The molecule has 0 amide bonds. The fraction of sp³-hybridized carbons (Fsp3) is 0.741. The number of aliphatic hydroxyl groups is 1. The number of hydrogen-bond acceptors (Lipinski definition) is 6. The second kappa shape index (κ2) is 16.5. The van der Waals surface area contributed by atoms with E-state index in [1.165, 1.54) is 57.4 Å². The van der Waals surface area contributed by atoms with Crippen molar-refractivity contribution in [2.24, 2.45) is 0 Å². The van der Waals surface area contributed by atoms with Crippen LogP contribution in [-0.4, -0.2) is 35.3 Å². The molecule has 0 radical (unpaired) electrons. The summed E-state index contributed by atoms with van der Waals surface area (Å²) < 4.78 is 5.03. The quantitative estimate of drug-likeness (QED) is 0.0960. The Balaban J connectivity index is 2.31. The van der Waals surface area contributed by atoms with Crippen LogP contribution in [0.25, 0.3) is 0 Å². The first kappa shape index (κ1) is 28.9. The van der Waals surface area contributed by atoms with Gasteiger partial charge in [-0.1, -0.05) is 71.1 Å². The summed E-state index contributed by atoms with van der Waals surface area (Å²) in [6.07, 6.45) is 17.3. The number of unbranched alkanes of at least 4 members (excludes halogenated alkanes) is 11. The van der Waals surface area contributed by atoms with E-state index in [0.717, 1.165) is 38.5 Å². The second-order valence-electron chi connectivity index (χ2n) is 9.72. The smallest absolute Gasteiger partial charge is 0.293 e. The van der Waals surface area contributed by atoms with Crippen LogP contribution >= 0.6 is 0 Å². The van der Waals surface area contributed by atoms with E-state index in [9.17, 15) is 19.5 Å². The Hall–Kier alpha value is -2.11. The first-order chi connectivity index (χ1) is 15.8. The minimum Gasteiger partial charge on any atom is -0.505 e. The van der Waals surface area contributed by atoms with Gasteiger partial charge in [0.1, 0.15) is 11.4 Å². The molecule has 188 valence electrons. The van der Waals surface area contributed by atoms with Gasteiger partial charge < -0.3 is 15.2 Å². The number of nitrogens with one attached hydrogen (secondary N) is 1. The Morgan fingerprint density at radius 3 is 2.06 bits per heavy atom. The van der Waals surface area contributed by atoms with E-state index in [0.29, 0.717) is 25.1 Å². The summed E-state index contributed by atoms with van der Waals surface area (Å²) in [6, 6.07) is 0. The van der Waals surface area contributed by atoms with Crippen molar-refractivity contribution in [1.82, 2.24) is 5.32 Å². The lowest BCUT2D eigenvalue weighted by Gasteiger charge is -2.22. The molecule has 6 nitrogen and oxygen atoms in total. The molecule has 0 heterocycles. The number of allylic oxidation sites excluding steroid dienone is 2. The topological polar surface area (TPSA) is 92.7 Å². The molecule has 0 atom stereocenters. The average molecular weight is 464 g/mol. The van der Waals surface area contributed by atoms with Gasteiger partial charge in [0, 0.05) is 18.2 Å². The molecule has 0 saturated heterocycles. The van der Waals surface area contributed by atoms with Gasteiger partial charge in [0.2, 0.25) is 11.6 Å². The molecule has 6 heteroatoms. The van der Waals surface area contributed by atoms with Crippen molar-refractivity contribution in [3.63, 3.8) is 0 Å².